The molecule has 0 saturated carbocycles. The van der Waals surface area contributed by atoms with Gasteiger partial charge in [0.2, 0.25) is 10.9 Å². The summed E-state index contributed by atoms with van der Waals surface area (Å²) in [5, 5.41) is 9.51. The molecule has 2 rings (SSSR count). The molecule has 0 amide bonds. The molecule has 0 radical (unpaired) electrons. The lowest BCUT2D eigenvalue weighted by Crippen LogP contribution is -2.08. The molecule has 1 heterocycles. The molecule has 1 N–H and O–H groups in total. The molecule has 1 aromatic carbocycles. The minimum Gasteiger partial charge on any atom is -0.503 e. The molecule has 0 saturated heterocycles. The number of hydrogen-bond donors (Lipinski definition) is 1. The quantitative estimate of drug-likeness (QED) is 0.609. The Bertz CT molecular complexity index is 799. The molecule has 0 unspecified atom stereocenters. The Balaban J connectivity index is 2.29. The van der Waals surface area contributed by atoms with E-state index in [4.69, 9.17) is 9.47 Å². The van der Waals surface area contributed by atoms with E-state index in [2.05, 4.69) is 4.98 Å². The predicted octanol–water partition coefficient (Wildman–Crippen LogP) is 4.12. The second kappa shape index (κ2) is 7.56. The van der Waals surface area contributed by atoms with Gasteiger partial charge in [-0.2, -0.15) is 18.2 Å². The molecule has 5 nitrogen and oxygen atoms in total. The molecule has 0 spiro atoms. The van der Waals surface area contributed by atoms with Crippen molar-refractivity contribution in [3.63, 3.8) is 0 Å². The third-order valence-corrected chi connectivity index (χ3v) is 4.06. The van der Waals surface area contributed by atoms with E-state index in [0.717, 1.165) is 11.6 Å². The number of carboxylic acids is 1. The van der Waals surface area contributed by atoms with Crippen LogP contribution in [-0.4, -0.2) is 23.2 Å². The number of hydrogen-bond acceptors (Lipinski definition) is 5. The van der Waals surface area contributed by atoms with Crippen molar-refractivity contribution in [2.75, 3.05) is 7.11 Å². The van der Waals surface area contributed by atoms with E-state index in [1.165, 1.54) is 7.11 Å². The van der Waals surface area contributed by atoms with Gasteiger partial charge in [0.05, 0.1) is 18.8 Å². The molecule has 9 heteroatoms. The monoisotopic (exact) mass is 373 g/mol. The van der Waals surface area contributed by atoms with Gasteiger partial charge in [-0.15, -0.1) is 11.3 Å². The van der Waals surface area contributed by atoms with E-state index in [0.29, 0.717) is 28.0 Å². The number of nitrogens with zero attached hydrogens (tertiary/aromatic N) is 1. The Morgan fingerprint density at radius 2 is 2.12 bits per heavy atom. The fraction of sp³-hybridized carbons (Fsp3) is 0.250. The summed E-state index contributed by atoms with van der Waals surface area (Å²) in [7, 11) is 1.32. The van der Waals surface area contributed by atoms with E-state index in [1.807, 2.05) is 0 Å². The first-order chi connectivity index (χ1) is 11.7. The van der Waals surface area contributed by atoms with Gasteiger partial charge in [-0.3, -0.25) is 0 Å². The molecule has 0 atom stereocenters. The average Bonchev–Trinajstić information content (AvgIpc) is 3.00. The van der Waals surface area contributed by atoms with Crippen LogP contribution in [0.3, 0.4) is 0 Å². The highest BCUT2D eigenvalue weighted by Crippen LogP contribution is 2.34. The van der Waals surface area contributed by atoms with Crippen LogP contribution in [-0.2, 0) is 22.3 Å². The van der Waals surface area contributed by atoms with E-state index < -0.39 is 17.2 Å². The number of methoxy groups -OCH3 is 1. The number of aliphatic carboxylic acids is 1. The predicted molar refractivity (Wildman–Crippen MR) is 85.2 cm³/mol. The Kier molecular flexibility index (Phi) is 5.68. The SMILES string of the molecule is COC=C(C(=O)O)c1c(C)cccc1COc1csc(C(F)(F)F)n1. The van der Waals surface area contributed by atoms with Crippen molar-refractivity contribution in [1.82, 2.24) is 4.98 Å². The van der Waals surface area contributed by atoms with Crippen LogP contribution in [0.5, 0.6) is 5.88 Å². The van der Waals surface area contributed by atoms with E-state index in [-0.39, 0.29) is 18.1 Å². The van der Waals surface area contributed by atoms with Gasteiger partial charge in [0.1, 0.15) is 12.2 Å². The van der Waals surface area contributed by atoms with Gasteiger partial charge in [0, 0.05) is 5.56 Å². The van der Waals surface area contributed by atoms with Crippen LogP contribution in [0.1, 0.15) is 21.7 Å². The van der Waals surface area contributed by atoms with Crippen molar-refractivity contribution in [3.05, 3.63) is 51.5 Å². The summed E-state index contributed by atoms with van der Waals surface area (Å²) in [6.07, 6.45) is -3.43. The van der Waals surface area contributed by atoms with Crippen molar-refractivity contribution in [2.45, 2.75) is 19.7 Å². The van der Waals surface area contributed by atoms with Crippen LogP contribution < -0.4 is 4.74 Å². The van der Waals surface area contributed by atoms with Gasteiger partial charge in [-0.05, 0) is 18.1 Å². The summed E-state index contributed by atoms with van der Waals surface area (Å²) < 4.78 is 47.8. The first-order valence-electron chi connectivity index (χ1n) is 6.94. The number of aromatic nitrogens is 1. The Morgan fingerprint density at radius 3 is 2.68 bits per heavy atom. The van der Waals surface area contributed by atoms with Gasteiger partial charge < -0.3 is 14.6 Å². The largest absolute Gasteiger partial charge is 0.503 e. The molecule has 0 fully saturated rings. The highest BCUT2D eigenvalue weighted by molar-refractivity contribution is 7.09. The fourth-order valence-corrected chi connectivity index (χ4v) is 2.79. The fourth-order valence-electron chi connectivity index (χ4n) is 2.18. The van der Waals surface area contributed by atoms with Crippen molar-refractivity contribution in [2.24, 2.45) is 0 Å². The van der Waals surface area contributed by atoms with Crippen LogP contribution in [0.15, 0.2) is 29.8 Å². The summed E-state index contributed by atoms with van der Waals surface area (Å²) >= 11 is 0.432. The number of thiazole rings is 1. The standard InChI is InChI=1S/C16H14F3NO4S/c1-9-4-3-5-10(13(9)11(7-23-2)14(21)22)6-24-12-8-25-15(20-12)16(17,18)19/h3-5,7-8H,6H2,1-2H3,(H,21,22). The summed E-state index contributed by atoms with van der Waals surface area (Å²) in [6.45, 7) is 1.59. The number of aryl methyl sites for hydroxylation is 1. The topological polar surface area (TPSA) is 68.7 Å². The Morgan fingerprint density at radius 1 is 1.40 bits per heavy atom. The van der Waals surface area contributed by atoms with Crippen LogP contribution >= 0.6 is 11.3 Å². The molecule has 0 aliphatic rings. The maximum atomic E-state index is 12.6. The van der Waals surface area contributed by atoms with Crippen molar-refractivity contribution in [3.8, 4) is 5.88 Å². The molecule has 0 aliphatic heterocycles. The molecule has 25 heavy (non-hydrogen) atoms. The number of alkyl halides is 3. The lowest BCUT2D eigenvalue weighted by atomic mass is 9.96. The normalized spacial score (nSPS) is 12.1. The zero-order chi connectivity index (χ0) is 18.6. The Labute approximate surface area is 145 Å². The maximum Gasteiger partial charge on any atom is 0.443 e. The van der Waals surface area contributed by atoms with E-state index >= 15 is 0 Å². The summed E-state index contributed by atoms with van der Waals surface area (Å²) in [5.41, 5.74) is 1.48. The summed E-state index contributed by atoms with van der Waals surface area (Å²) in [4.78, 5) is 14.8. The molecule has 0 bridgehead atoms. The molecular formula is C16H14F3NO4S. The van der Waals surface area contributed by atoms with Gasteiger partial charge in [0.25, 0.3) is 0 Å². The van der Waals surface area contributed by atoms with Crippen molar-refractivity contribution < 1.29 is 32.5 Å². The number of halogens is 3. The number of carbonyl (C=O) groups is 1. The molecule has 134 valence electrons. The van der Waals surface area contributed by atoms with E-state index in [9.17, 15) is 23.1 Å². The third kappa shape index (κ3) is 4.50. The number of ether oxygens (including phenoxy) is 2. The zero-order valence-corrected chi connectivity index (χ0v) is 14.1. The lowest BCUT2D eigenvalue weighted by molar-refractivity contribution is -0.137. The Hall–Kier alpha value is -2.55. The lowest BCUT2D eigenvalue weighted by Gasteiger charge is -2.13. The highest BCUT2D eigenvalue weighted by atomic mass is 32.1. The maximum absolute atomic E-state index is 12.6. The molecule has 0 aliphatic carbocycles. The highest BCUT2D eigenvalue weighted by Gasteiger charge is 2.34. The molecular weight excluding hydrogens is 359 g/mol. The van der Waals surface area contributed by atoms with Gasteiger partial charge in [0.15, 0.2) is 0 Å². The van der Waals surface area contributed by atoms with Crippen molar-refractivity contribution in [1.29, 1.82) is 0 Å². The smallest absolute Gasteiger partial charge is 0.443 e. The zero-order valence-electron chi connectivity index (χ0n) is 13.3. The van der Waals surface area contributed by atoms with Crippen LogP contribution in [0.25, 0.3) is 5.57 Å². The minimum atomic E-state index is -4.53. The average molecular weight is 373 g/mol. The molecule has 1 aromatic heterocycles. The van der Waals surface area contributed by atoms with Gasteiger partial charge in [-0.25, -0.2) is 4.79 Å². The minimum absolute atomic E-state index is 0.0755. The summed E-state index contributed by atoms with van der Waals surface area (Å²) in [5.74, 6) is -1.36. The second-order valence-corrected chi connectivity index (χ2v) is 5.82. The number of carboxylic acid groups (broad SMARTS) is 1. The van der Waals surface area contributed by atoms with Crippen molar-refractivity contribution >= 4 is 22.9 Å². The second-order valence-electron chi connectivity index (χ2n) is 4.96. The molecule has 2 aromatic rings. The van der Waals surface area contributed by atoms with Crippen LogP contribution in [0.2, 0.25) is 0 Å². The van der Waals surface area contributed by atoms with Gasteiger partial charge >= 0.3 is 12.1 Å². The first kappa shape index (κ1) is 18.8. The number of benzene rings is 1. The van der Waals surface area contributed by atoms with Gasteiger partial charge in [-0.1, -0.05) is 18.2 Å². The number of rotatable bonds is 6. The van der Waals surface area contributed by atoms with Crippen LogP contribution in [0, 0.1) is 6.92 Å². The summed E-state index contributed by atoms with van der Waals surface area (Å²) in [6, 6.07) is 5.05. The first-order valence-corrected chi connectivity index (χ1v) is 7.82. The van der Waals surface area contributed by atoms with Crippen LogP contribution in [0.4, 0.5) is 13.2 Å². The third-order valence-electron chi connectivity index (χ3n) is 3.20. The van der Waals surface area contributed by atoms with E-state index in [1.54, 1.807) is 25.1 Å².